The molecular weight excluding hydrogens is 487 g/mol. The van der Waals surface area contributed by atoms with Gasteiger partial charge in [-0.2, -0.15) is 18.3 Å². The van der Waals surface area contributed by atoms with Crippen molar-refractivity contribution in [2.24, 2.45) is 0 Å². The van der Waals surface area contributed by atoms with Gasteiger partial charge in [-0.15, -0.1) is 11.3 Å². The number of benzene rings is 1. The Bertz CT molecular complexity index is 1240. The molecule has 0 atom stereocenters. The number of halogens is 3. The van der Waals surface area contributed by atoms with Crippen molar-refractivity contribution >= 4 is 22.8 Å². The van der Waals surface area contributed by atoms with Crippen molar-refractivity contribution in [1.82, 2.24) is 24.6 Å². The average molecular weight is 516 g/mol. The predicted molar refractivity (Wildman–Crippen MR) is 132 cm³/mol. The molecule has 2 aliphatic heterocycles. The maximum Gasteiger partial charge on any atom is 0.435 e. The standard InChI is InChI=1S/C26H28F3N5OS/c1-18-13-23(26(27,28)29)31-34(18)16-24(35)33-11-8-20(9-12-33)25-30-22(17-36-25)15-32-10-7-21(14-32)19-5-3-2-4-6-19/h2-6,13-14,17,20H,7-12,15-16H2,1H3. The van der Waals surface area contributed by atoms with Crippen LogP contribution in [0.1, 0.15) is 52.8 Å². The fraction of sp³-hybridized carbons (Fsp3) is 0.423. The first kappa shape index (κ1) is 24.5. The molecule has 4 heterocycles. The van der Waals surface area contributed by atoms with Crippen LogP contribution >= 0.6 is 11.3 Å². The molecule has 1 amide bonds. The lowest BCUT2D eigenvalue weighted by molar-refractivity contribution is -0.142. The second kappa shape index (κ2) is 10.1. The Morgan fingerprint density at radius 2 is 1.89 bits per heavy atom. The van der Waals surface area contributed by atoms with Gasteiger partial charge < -0.3 is 9.80 Å². The smallest absolute Gasteiger partial charge is 0.371 e. The van der Waals surface area contributed by atoms with Crippen molar-refractivity contribution in [3.63, 3.8) is 0 Å². The number of amides is 1. The Kier molecular flexibility index (Phi) is 6.87. The van der Waals surface area contributed by atoms with E-state index in [0.29, 0.717) is 24.7 Å². The topological polar surface area (TPSA) is 54.3 Å². The number of alkyl halides is 3. The molecule has 0 N–H and O–H groups in total. The SMILES string of the molecule is Cc1cc(C(F)(F)F)nn1CC(=O)N1CCC(c2nc(CN3C=C(c4ccccc4)CC3)cs2)CC1. The summed E-state index contributed by atoms with van der Waals surface area (Å²) in [6.07, 6.45) is 0.346. The van der Waals surface area contributed by atoms with Crippen LogP contribution in [0.5, 0.6) is 0 Å². The van der Waals surface area contributed by atoms with Crippen LogP contribution in [0.25, 0.3) is 5.57 Å². The third kappa shape index (κ3) is 5.48. The Labute approximate surface area is 212 Å². The molecule has 10 heteroatoms. The summed E-state index contributed by atoms with van der Waals surface area (Å²) in [4.78, 5) is 21.6. The molecule has 6 nitrogen and oxygen atoms in total. The van der Waals surface area contributed by atoms with Gasteiger partial charge in [-0.3, -0.25) is 9.48 Å². The highest BCUT2D eigenvalue weighted by atomic mass is 32.1. The number of nitrogens with zero attached hydrogens (tertiary/aromatic N) is 5. The van der Waals surface area contributed by atoms with Gasteiger partial charge in [0.2, 0.25) is 5.91 Å². The molecule has 1 saturated heterocycles. The number of aromatic nitrogens is 3. The molecule has 1 fully saturated rings. The minimum Gasteiger partial charge on any atom is -0.371 e. The second-order valence-corrected chi connectivity index (χ2v) is 10.3. The normalized spacial score (nSPS) is 17.1. The van der Waals surface area contributed by atoms with Crippen LogP contribution in [0.4, 0.5) is 13.2 Å². The lowest BCUT2D eigenvalue weighted by Crippen LogP contribution is -2.40. The van der Waals surface area contributed by atoms with Gasteiger partial charge in [-0.1, -0.05) is 30.3 Å². The third-order valence-electron chi connectivity index (χ3n) is 6.84. The molecule has 2 aliphatic rings. The summed E-state index contributed by atoms with van der Waals surface area (Å²) in [5, 5.41) is 6.80. The molecule has 1 aromatic carbocycles. The monoisotopic (exact) mass is 515 g/mol. The van der Waals surface area contributed by atoms with E-state index in [1.165, 1.54) is 18.1 Å². The van der Waals surface area contributed by atoms with Gasteiger partial charge in [-0.05, 0) is 43.4 Å². The fourth-order valence-corrected chi connectivity index (χ4v) is 5.80. The molecule has 0 bridgehead atoms. The van der Waals surface area contributed by atoms with E-state index in [9.17, 15) is 18.0 Å². The van der Waals surface area contributed by atoms with Crippen LogP contribution in [0.2, 0.25) is 0 Å². The van der Waals surface area contributed by atoms with Crippen molar-refractivity contribution in [2.45, 2.75) is 51.4 Å². The number of piperidine rings is 1. The van der Waals surface area contributed by atoms with Gasteiger partial charge in [-0.25, -0.2) is 4.98 Å². The molecule has 190 valence electrons. The van der Waals surface area contributed by atoms with Gasteiger partial charge in [0.25, 0.3) is 0 Å². The van der Waals surface area contributed by atoms with Crippen LogP contribution in [0.15, 0.2) is 48.0 Å². The third-order valence-corrected chi connectivity index (χ3v) is 7.90. The van der Waals surface area contributed by atoms with Crippen molar-refractivity contribution in [3.8, 4) is 0 Å². The molecular formula is C26H28F3N5OS. The maximum absolute atomic E-state index is 12.9. The number of rotatable bonds is 6. The predicted octanol–water partition coefficient (Wildman–Crippen LogP) is 5.32. The van der Waals surface area contributed by atoms with Crippen LogP contribution in [0.3, 0.4) is 0 Å². The molecule has 0 unspecified atom stereocenters. The molecule has 0 spiro atoms. The highest BCUT2D eigenvalue weighted by molar-refractivity contribution is 7.09. The summed E-state index contributed by atoms with van der Waals surface area (Å²) < 4.78 is 39.8. The molecule has 3 aromatic rings. The molecule has 0 radical (unpaired) electrons. The number of aryl methyl sites for hydroxylation is 1. The quantitative estimate of drug-likeness (QED) is 0.446. The lowest BCUT2D eigenvalue weighted by Gasteiger charge is -2.31. The van der Waals surface area contributed by atoms with E-state index in [-0.39, 0.29) is 12.5 Å². The summed E-state index contributed by atoms with van der Waals surface area (Å²) in [6, 6.07) is 11.4. The van der Waals surface area contributed by atoms with E-state index in [4.69, 9.17) is 4.98 Å². The van der Waals surface area contributed by atoms with E-state index in [0.717, 1.165) is 53.8 Å². The fourth-order valence-electron chi connectivity index (χ4n) is 4.81. The zero-order valence-electron chi connectivity index (χ0n) is 20.0. The molecule has 0 saturated carbocycles. The molecule has 36 heavy (non-hydrogen) atoms. The number of likely N-dealkylation sites (tertiary alicyclic amines) is 1. The zero-order chi connectivity index (χ0) is 25.3. The van der Waals surface area contributed by atoms with Gasteiger partial charge >= 0.3 is 6.18 Å². The Morgan fingerprint density at radius 1 is 1.14 bits per heavy atom. The Morgan fingerprint density at radius 3 is 2.58 bits per heavy atom. The van der Waals surface area contributed by atoms with Crippen LogP contribution in [-0.2, 0) is 24.1 Å². The summed E-state index contributed by atoms with van der Waals surface area (Å²) in [5.41, 5.74) is 3.04. The van der Waals surface area contributed by atoms with Gasteiger partial charge in [0.15, 0.2) is 5.69 Å². The number of thiazole rings is 1. The van der Waals surface area contributed by atoms with Crippen molar-refractivity contribution in [3.05, 3.63) is 75.6 Å². The number of carbonyl (C=O) groups is 1. The first-order valence-corrected chi connectivity index (χ1v) is 13.0. The van der Waals surface area contributed by atoms with Crippen LogP contribution < -0.4 is 0 Å². The van der Waals surface area contributed by atoms with Crippen molar-refractivity contribution in [2.75, 3.05) is 19.6 Å². The van der Waals surface area contributed by atoms with E-state index in [1.54, 1.807) is 16.2 Å². The largest absolute Gasteiger partial charge is 0.435 e. The molecule has 0 aliphatic carbocycles. The van der Waals surface area contributed by atoms with E-state index >= 15 is 0 Å². The summed E-state index contributed by atoms with van der Waals surface area (Å²) in [7, 11) is 0. The minimum absolute atomic E-state index is 0.178. The summed E-state index contributed by atoms with van der Waals surface area (Å²) >= 11 is 1.67. The number of carbonyl (C=O) groups excluding carboxylic acids is 1. The summed E-state index contributed by atoms with van der Waals surface area (Å²) in [6.45, 7) is 4.26. The first-order chi connectivity index (χ1) is 17.3. The van der Waals surface area contributed by atoms with Crippen molar-refractivity contribution in [1.29, 1.82) is 0 Å². The zero-order valence-corrected chi connectivity index (χ0v) is 20.9. The van der Waals surface area contributed by atoms with Crippen LogP contribution in [0, 0.1) is 6.92 Å². The second-order valence-electron chi connectivity index (χ2n) is 9.40. The van der Waals surface area contributed by atoms with Gasteiger partial charge in [0, 0.05) is 42.8 Å². The molecule has 2 aromatic heterocycles. The minimum atomic E-state index is -4.51. The number of hydrogen-bond acceptors (Lipinski definition) is 5. The van der Waals surface area contributed by atoms with E-state index in [1.807, 2.05) is 6.07 Å². The maximum atomic E-state index is 12.9. The Balaban J connectivity index is 1.13. The van der Waals surface area contributed by atoms with Crippen molar-refractivity contribution < 1.29 is 18.0 Å². The lowest BCUT2D eigenvalue weighted by atomic mass is 9.97. The van der Waals surface area contributed by atoms with Gasteiger partial charge in [0.05, 0.1) is 17.2 Å². The van der Waals surface area contributed by atoms with E-state index < -0.39 is 11.9 Å². The van der Waals surface area contributed by atoms with E-state index in [2.05, 4.69) is 45.8 Å². The first-order valence-electron chi connectivity index (χ1n) is 12.1. The average Bonchev–Trinajstić information content (AvgIpc) is 3.61. The Hall–Kier alpha value is -3.14. The summed E-state index contributed by atoms with van der Waals surface area (Å²) in [5.74, 6) is 0.0910. The van der Waals surface area contributed by atoms with Crippen LogP contribution in [-0.4, -0.2) is 50.1 Å². The van der Waals surface area contributed by atoms with Gasteiger partial charge in [0.1, 0.15) is 6.54 Å². The number of hydrogen-bond donors (Lipinski definition) is 0. The highest BCUT2D eigenvalue weighted by Gasteiger charge is 2.35. The highest BCUT2D eigenvalue weighted by Crippen LogP contribution is 2.32. The molecule has 5 rings (SSSR count).